The highest BCUT2D eigenvalue weighted by Crippen LogP contribution is 2.29. The number of carbonyl (C=O) groups is 1. The van der Waals surface area contributed by atoms with Crippen LogP contribution >= 0.6 is 0 Å². The maximum absolute atomic E-state index is 11.0. The third kappa shape index (κ3) is 2.27. The van der Waals surface area contributed by atoms with E-state index in [1.165, 1.54) is 0 Å². The molecule has 4 heteroatoms. The molecule has 1 fully saturated rings. The molecule has 0 unspecified atom stereocenters. The van der Waals surface area contributed by atoms with Crippen molar-refractivity contribution in [2.45, 2.75) is 25.5 Å². The summed E-state index contributed by atoms with van der Waals surface area (Å²) in [7, 11) is 0. The lowest BCUT2D eigenvalue weighted by Crippen LogP contribution is -2.12. The first-order chi connectivity index (χ1) is 7.20. The standard InChI is InChI=1S/C11H14N2O2/c12-6-8-5-7(11(13)14)1-4-10(8)15-9-2-3-9/h1,4-5,9H,2-3,6,12H2,(H2,13,14). The Kier molecular flexibility index (Phi) is 2.60. The van der Waals surface area contributed by atoms with Crippen LogP contribution in [0.4, 0.5) is 0 Å². The van der Waals surface area contributed by atoms with Gasteiger partial charge >= 0.3 is 0 Å². The Labute approximate surface area is 88.2 Å². The highest BCUT2D eigenvalue weighted by molar-refractivity contribution is 5.93. The maximum atomic E-state index is 11.0. The number of benzene rings is 1. The summed E-state index contributed by atoms with van der Waals surface area (Å²) in [6, 6.07) is 5.12. The number of hydrogen-bond acceptors (Lipinski definition) is 3. The van der Waals surface area contributed by atoms with Gasteiger partial charge in [-0.2, -0.15) is 0 Å². The molecule has 0 heterocycles. The summed E-state index contributed by atoms with van der Waals surface area (Å²) < 4.78 is 5.65. The number of nitrogens with two attached hydrogens (primary N) is 2. The first-order valence-electron chi connectivity index (χ1n) is 5.00. The number of ether oxygens (including phenoxy) is 1. The van der Waals surface area contributed by atoms with E-state index in [-0.39, 0.29) is 0 Å². The van der Waals surface area contributed by atoms with Crippen molar-refractivity contribution in [2.75, 3.05) is 0 Å². The van der Waals surface area contributed by atoms with Gasteiger partial charge in [-0.1, -0.05) is 0 Å². The van der Waals surface area contributed by atoms with E-state index in [2.05, 4.69) is 0 Å². The lowest BCUT2D eigenvalue weighted by molar-refractivity contribution is 0.1000. The Morgan fingerprint density at radius 3 is 2.73 bits per heavy atom. The summed E-state index contributed by atoms with van der Waals surface area (Å²) in [5, 5.41) is 0. The third-order valence-corrected chi connectivity index (χ3v) is 2.38. The van der Waals surface area contributed by atoms with E-state index in [1.807, 2.05) is 0 Å². The Morgan fingerprint density at radius 1 is 1.47 bits per heavy atom. The minimum Gasteiger partial charge on any atom is -0.490 e. The Hall–Kier alpha value is -1.55. The van der Waals surface area contributed by atoms with Crippen LogP contribution in [0.3, 0.4) is 0 Å². The highest BCUT2D eigenvalue weighted by atomic mass is 16.5. The third-order valence-electron chi connectivity index (χ3n) is 2.38. The van der Waals surface area contributed by atoms with Crippen LogP contribution in [-0.2, 0) is 6.54 Å². The highest BCUT2D eigenvalue weighted by Gasteiger charge is 2.24. The van der Waals surface area contributed by atoms with Crippen molar-refractivity contribution in [1.29, 1.82) is 0 Å². The average Bonchev–Trinajstić information content (AvgIpc) is 3.02. The fourth-order valence-corrected chi connectivity index (χ4v) is 1.37. The Bertz CT molecular complexity index is 386. The summed E-state index contributed by atoms with van der Waals surface area (Å²) in [6.07, 6.45) is 2.53. The fraction of sp³-hybridized carbons (Fsp3) is 0.364. The van der Waals surface area contributed by atoms with Gasteiger partial charge in [0.05, 0.1) is 6.10 Å². The van der Waals surface area contributed by atoms with E-state index in [4.69, 9.17) is 16.2 Å². The molecule has 15 heavy (non-hydrogen) atoms. The Morgan fingerprint density at radius 2 is 2.20 bits per heavy atom. The topological polar surface area (TPSA) is 78.3 Å². The summed E-state index contributed by atoms with van der Waals surface area (Å²) in [4.78, 5) is 11.0. The van der Waals surface area contributed by atoms with Crippen molar-refractivity contribution in [3.05, 3.63) is 29.3 Å². The lowest BCUT2D eigenvalue weighted by atomic mass is 10.1. The van der Waals surface area contributed by atoms with Gasteiger partial charge in [-0.25, -0.2) is 0 Å². The number of hydrogen-bond donors (Lipinski definition) is 2. The first-order valence-corrected chi connectivity index (χ1v) is 5.00. The van der Waals surface area contributed by atoms with Gasteiger partial charge in [0.1, 0.15) is 5.75 Å². The van der Waals surface area contributed by atoms with Crippen molar-refractivity contribution in [3.63, 3.8) is 0 Å². The maximum Gasteiger partial charge on any atom is 0.248 e. The monoisotopic (exact) mass is 206 g/mol. The van der Waals surface area contributed by atoms with Crippen LogP contribution in [0.2, 0.25) is 0 Å². The van der Waals surface area contributed by atoms with Crippen LogP contribution in [0.1, 0.15) is 28.8 Å². The van der Waals surface area contributed by atoms with Gasteiger partial charge in [0, 0.05) is 17.7 Å². The van der Waals surface area contributed by atoms with Gasteiger partial charge < -0.3 is 16.2 Å². The van der Waals surface area contributed by atoms with Crippen molar-refractivity contribution >= 4 is 5.91 Å². The molecule has 0 aliphatic heterocycles. The van der Waals surface area contributed by atoms with Crippen LogP contribution < -0.4 is 16.2 Å². The molecule has 0 saturated heterocycles. The predicted molar refractivity (Wildman–Crippen MR) is 56.5 cm³/mol. The number of primary amides is 1. The molecule has 1 saturated carbocycles. The molecular formula is C11H14N2O2. The minimum atomic E-state index is -0.442. The molecule has 1 aliphatic rings. The van der Waals surface area contributed by atoms with Gasteiger partial charge in [-0.3, -0.25) is 4.79 Å². The van der Waals surface area contributed by atoms with E-state index in [0.29, 0.717) is 18.2 Å². The Balaban J connectivity index is 2.25. The van der Waals surface area contributed by atoms with Gasteiger partial charge in [-0.15, -0.1) is 0 Å². The second-order valence-corrected chi connectivity index (χ2v) is 3.71. The zero-order valence-corrected chi connectivity index (χ0v) is 8.40. The molecule has 4 nitrogen and oxygen atoms in total. The zero-order valence-electron chi connectivity index (χ0n) is 8.40. The van der Waals surface area contributed by atoms with E-state index in [9.17, 15) is 4.79 Å². The van der Waals surface area contributed by atoms with Crippen LogP contribution in [0, 0.1) is 0 Å². The fourth-order valence-electron chi connectivity index (χ4n) is 1.37. The molecule has 2 rings (SSSR count). The van der Waals surface area contributed by atoms with E-state index >= 15 is 0 Å². The SMILES string of the molecule is NCc1cc(C(N)=O)ccc1OC1CC1. The quantitative estimate of drug-likeness (QED) is 0.764. The van der Waals surface area contributed by atoms with Crippen molar-refractivity contribution < 1.29 is 9.53 Å². The molecule has 0 aromatic heterocycles. The van der Waals surface area contributed by atoms with Crippen molar-refractivity contribution in [2.24, 2.45) is 11.5 Å². The summed E-state index contributed by atoms with van der Waals surface area (Å²) in [5.41, 5.74) is 12.1. The van der Waals surface area contributed by atoms with E-state index in [0.717, 1.165) is 24.2 Å². The van der Waals surface area contributed by atoms with E-state index in [1.54, 1.807) is 18.2 Å². The van der Waals surface area contributed by atoms with Crippen LogP contribution in [-0.4, -0.2) is 12.0 Å². The molecule has 80 valence electrons. The zero-order chi connectivity index (χ0) is 10.8. The van der Waals surface area contributed by atoms with Crippen LogP contribution in [0.15, 0.2) is 18.2 Å². The molecule has 0 atom stereocenters. The van der Waals surface area contributed by atoms with Gasteiger partial charge in [0.25, 0.3) is 0 Å². The smallest absolute Gasteiger partial charge is 0.248 e. The molecule has 0 bridgehead atoms. The van der Waals surface area contributed by atoms with Crippen molar-refractivity contribution in [3.8, 4) is 5.75 Å². The van der Waals surface area contributed by atoms with Gasteiger partial charge in [0.15, 0.2) is 0 Å². The largest absolute Gasteiger partial charge is 0.490 e. The lowest BCUT2D eigenvalue weighted by Gasteiger charge is -2.10. The molecule has 1 amide bonds. The number of rotatable bonds is 4. The molecule has 1 aromatic rings. The van der Waals surface area contributed by atoms with E-state index < -0.39 is 5.91 Å². The average molecular weight is 206 g/mol. The molecule has 1 aliphatic carbocycles. The normalized spacial score (nSPS) is 15.0. The molecule has 4 N–H and O–H groups in total. The second-order valence-electron chi connectivity index (χ2n) is 3.71. The minimum absolute atomic E-state index is 0.328. The van der Waals surface area contributed by atoms with Gasteiger partial charge in [-0.05, 0) is 31.0 Å². The summed E-state index contributed by atoms with van der Waals surface area (Å²) in [5.74, 6) is 0.327. The predicted octanol–water partition coefficient (Wildman–Crippen LogP) is 0.785. The number of amides is 1. The van der Waals surface area contributed by atoms with Crippen molar-refractivity contribution in [1.82, 2.24) is 0 Å². The van der Waals surface area contributed by atoms with Gasteiger partial charge in [0.2, 0.25) is 5.91 Å². The number of carbonyl (C=O) groups excluding carboxylic acids is 1. The second kappa shape index (κ2) is 3.90. The van der Waals surface area contributed by atoms with Crippen LogP contribution in [0.5, 0.6) is 5.75 Å². The first kappa shape index (κ1) is 9.98. The summed E-state index contributed by atoms with van der Waals surface area (Å²) >= 11 is 0. The van der Waals surface area contributed by atoms with Crippen LogP contribution in [0.25, 0.3) is 0 Å². The summed E-state index contributed by atoms with van der Waals surface area (Å²) in [6.45, 7) is 0.350. The molecule has 0 spiro atoms. The molecule has 0 radical (unpaired) electrons. The molecule has 1 aromatic carbocycles. The molecular weight excluding hydrogens is 192 g/mol.